The number of hydrogen-bond donors (Lipinski definition) is 1. The predicted molar refractivity (Wildman–Crippen MR) is 102 cm³/mol. The quantitative estimate of drug-likeness (QED) is 0.897. The number of amides is 1. The van der Waals surface area contributed by atoms with Gasteiger partial charge in [0.15, 0.2) is 0 Å². The van der Waals surface area contributed by atoms with Gasteiger partial charge in [0.1, 0.15) is 0 Å². The van der Waals surface area contributed by atoms with Crippen molar-refractivity contribution in [1.82, 2.24) is 15.1 Å². The highest BCUT2D eigenvalue weighted by Crippen LogP contribution is 2.26. The highest BCUT2D eigenvalue weighted by molar-refractivity contribution is 5.79. The third-order valence-corrected chi connectivity index (χ3v) is 5.70. The van der Waals surface area contributed by atoms with Gasteiger partial charge in [0.05, 0.1) is 18.2 Å². The lowest BCUT2D eigenvalue weighted by molar-refractivity contribution is -0.135. The number of H-pyrrole nitrogens is 1. The number of rotatable bonds is 5. The van der Waals surface area contributed by atoms with Crippen molar-refractivity contribution in [2.45, 2.75) is 46.1 Å². The number of benzene rings is 1. The second-order valence-corrected chi connectivity index (χ2v) is 7.38. The number of carbonyl (C=O) groups excluding carboxylic acids is 1. The van der Waals surface area contributed by atoms with E-state index in [2.05, 4.69) is 41.4 Å². The van der Waals surface area contributed by atoms with Gasteiger partial charge in [-0.1, -0.05) is 24.3 Å². The minimum absolute atomic E-state index is 0.0823. The molecule has 1 aliphatic rings. The molecule has 0 radical (unpaired) electrons. The molecule has 0 aliphatic carbocycles. The number of hydrogen-bond acceptors (Lipinski definition) is 3. The molecule has 5 heteroatoms. The van der Waals surface area contributed by atoms with Gasteiger partial charge in [0.25, 0.3) is 0 Å². The van der Waals surface area contributed by atoms with Crippen LogP contribution in [0.15, 0.2) is 24.3 Å². The Morgan fingerprint density at radius 2 is 2.08 bits per heavy atom. The van der Waals surface area contributed by atoms with Gasteiger partial charge < -0.3 is 9.64 Å². The number of aromatic amines is 1. The van der Waals surface area contributed by atoms with Crippen molar-refractivity contribution in [3.05, 3.63) is 52.3 Å². The molecule has 2 aromatic rings. The third kappa shape index (κ3) is 3.98. The number of nitrogens with one attached hydrogen (secondary N) is 1. The molecule has 0 unspecified atom stereocenters. The standard InChI is InChI=1S/C21H29N3O2/c1-14-7-5-6-8-17(14)11-18-9-10-24(13-20(18)26-4)21(25)12-19-15(2)22-23-16(19)3/h5-8,18,20H,9-13H2,1-4H3,(H,22,23)/t18-,20-/m1/s1. The van der Waals surface area contributed by atoms with E-state index in [1.165, 1.54) is 11.1 Å². The number of aryl methyl sites for hydroxylation is 3. The molecule has 2 atom stereocenters. The minimum Gasteiger partial charge on any atom is -0.379 e. The first-order valence-corrected chi connectivity index (χ1v) is 9.35. The predicted octanol–water partition coefficient (Wildman–Crippen LogP) is 2.98. The Balaban J connectivity index is 1.64. The number of likely N-dealkylation sites (tertiary alicyclic amines) is 1. The molecule has 3 rings (SSSR count). The summed E-state index contributed by atoms with van der Waals surface area (Å²) in [5.74, 6) is 0.608. The molecule has 140 valence electrons. The molecule has 26 heavy (non-hydrogen) atoms. The van der Waals surface area contributed by atoms with Gasteiger partial charge in [-0.3, -0.25) is 9.89 Å². The van der Waals surface area contributed by atoms with E-state index in [0.29, 0.717) is 18.9 Å². The maximum Gasteiger partial charge on any atom is 0.227 e. The van der Waals surface area contributed by atoms with Crippen LogP contribution in [0.2, 0.25) is 0 Å². The summed E-state index contributed by atoms with van der Waals surface area (Å²) in [4.78, 5) is 14.7. The van der Waals surface area contributed by atoms with Gasteiger partial charge in [0, 0.05) is 31.5 Å². The zero-order valence-corrected chi connectivity index (χ0v) is 16.2. The lowest BCUT2D eigenvalue weighted by Gasteiger charge is -2.38. The molecule has 1 aromatic heterocycles. The Kier molecular flexibility index (Phi) is 5.77. The maximum absolute atomic E-state index is 12.8. The van der Waals surface area contributed by atoms with Crippen LogP contribution < -0.4 is 0 Å². The van der Waals surface area contributed by atoms with E-state index in [9.17, 15) is 4.79 Å². The summed E-state index contributed by atoms with van der Waals surface area (Å²) in [5, 5.41) is 7.15. The van der Waals surface area contributed by atoms with Crippen LogP contribution in [0.5, 0.6) is 0 Å². The topological polar surface area (TPSA) is 58.2 Å². The van der Waals surface area contributed by atoms with Crippen LogP contribution >= 0.6 is 0 Å². The Morgan fingerprint density at radius 1 is 1.31 bits per heavy atom. The van der Waals surface area contributed by atoms with Crippen LogP contribution in [0.25, 0.3) is 0 Å². The highest BCUT2D eigenvalue weighted by Gasteiger charge is 2.32. The molecule has 1 aliphatic heterocycles. The smallest absolute Gasteiger partial charge is 0.227 e. The summed E-state index contributed by atoms with van der Waals surface area (Å²) in [6, 6.07) is 8.53. The normalized spacial score (nSPS) is 20.4. The van der Waals surface area contributed by atoms with Crippen LogP contribution in [0.1, 0.15) is 34.5 Å². The molecule has 1 amide bonds. The molecule has 5 nitrogen and oxygen atoms in total. The van der Waals surface area contributed by atoms with Gasteiger partial charge in [-0.15, -0.1) is 0 Å². The summed E-state index contributed by atoms with van der Waals surface area (Å²) in [6.07, 6.45) is 2.47. The molecular formula is C21H29N3O2. The van der Waals surface area contributed by atoms with E-state index in [1.54, 1.807) is 7.11 Å². The summed E-state index contributed by atoms with van der Waals surface area (Å²) in [6.45, 7) is 7.53. The average molecular weight is 355 g/mol. The molecule has 1 saturated heterocycles. The van der Waals surface area contributed by atoms with Crippen LogP contribution in [0.3, 0.4) is 0 Å². The number of aromatic nitrogens is 2. The zero-order valence-electron chi connectivity index (χ0n) is 16.2. The second kappa shape index (κ2) is 8.04. The Labute approximate surface area is 155 Å². The van der Waals surface area contributed by atoms with Crippen LogP contribution in [0, 0.1) is 26.7 Å². The molecule has 1 N–H and O–H groups in total. The van der Waals surface area contributed by atoms with Gasteiger partial charge >= 0.3 is 0 Å². The van der Waals surface area contributed by atoms with Crippen molar-refractivity contribution in [3.8, 4) is 0 Å². The van der Waals surface area contributed by atoms with Crippen molar-refractivity contribution in [1.29, 1.82) is 0 Å². The Morgan fingerprint density at radius 3 is 2.73 bits per heavy atom. The van der Waals surface area contributed by atoms with E-state index in [0.717, 1.165) is 36.3 Å². The lowest BCUT2D eigenvalue weighted by Crippen LogP contribution is -2.48. The fourth-order valence-electron chi connectivity index (χ4n) is 3.91. The molecule has 1 aromatic carbocycles. The summed E-state index contributed by atoms with van der Waals surface area (Å²) in [7, 11) is 1.76. The Hall–Kier alpha value is -2.14. The van der Waals surface area contributed by atoms with Crippen molar-refractivity contribution < 1.29 is 9.53 Å². The zero-order chi connectivity index (χ0) is 18.7. The average Bonchev–Trinajstić information content (AvgIpc) is 2.95. The number of carbonyl (C=O) groups is 1. The first-order chi connectivity index (χ1) is 12.5. The minimum atomic E-state index is 0.0823. The SMILES string of the molecule is CO[C@@H]1CN(C(=O)Cc2c(C)n[nH]c2C)CC[C@@H]1Cc1ccccc1C. The number of nitrogens with zero attached hydrogens (tertiary/aromatic N) is 2. The van der Waals surface area contributed by atoms with E-state index >= 15 is 0 Å². The van der Waals surface area contributed by atoms with Crippen molar-refractivity contribution in [2.24, 2.45) is 5.92 Å². The molecule has 0 saturated carbocycles. The van der Waals surface area contributed by atoms with Gasteiger partial charge in [-0.2, -0.15) is 5.10 Å². The largest absolute Gasteiger partial charge is 0.379 e. The number of ether oxygens (including phenoxy) is 1. The van der Waals surface area contributed by atoms with Gasteiger partial charge in [-0.25, -0.2) is 0 Å². The molecule has 0 bridgehead atoms. The summed E-state index contributed by atoms with van der Waals surface area (Å²) in [5.41, 5.74) is 5.61. The first kappa shape index (κ1) is 18.6. The van der Waals surface area contributed by atoms with Gasteiger partial charge in [-0.05, 0) is 50.7 Å². The molecule has 0 spiro atoms. The van der Waals surface area contributed by atoms with E-state index in [4.69, 9.17) is 4.74 Å². The van der Waals surface area contributed by atoms with Crippen LogP contribution in [-0.2, 0) is 22.4 Å². The van der Waals surface area contributed by atoms with E-state index in [-0.39, 0.29) is 12.0 Å². The van der Waals surface area contributed by atoms with Crippen molar-refractivity contribution in [3.63, 3.8) is 0 Å². The molecular weight excluding hydrogens is 326 g/mol. The first-order valence-electron chi connectivity index (χ1n) is 9.35. The second-order valence-electron chi connectivity index (χ2n) is 7.38. The van der Waals surface area contributed by atoms with E-state index in [1.807, 2.05) is 18.7 Å². The van der Waals surface area contributed by atoms with Crippen molar-refractivity contribution >= 4 is 5.91 Å². The van der Waals surface area contributed by atoms with Gasteiger partial charge in [0.2, 0.25) is 5.91 Å². The van der Waals surface area contributed by atoms with Crippen LogP contribution in [0.4, 0.5) is 0 Å². The Bertz CT molecular complexity index is 749. The highest BCUT2D eigenvalue weighted by atomic mass is 16.5. The lowest BCUT2D eigenvalue weighted by atomic mass is 9.86. The molecule has 1 fully saturated rings. The fraction of sp³-hybridized carbons (Fsp3) is 0.524. The van der Waals surface area contributed by atoms with Crippen LogP contribution in [-0.4, -0.2) is 47.3 Å². The monoisotopic (exact) mass is 355 g/mol. The summed E-state index contributed by atoms with van der Waals surface area (Å²) >= 11 is 0. The van der Waals surface area contributed by atoms with Crippen molar-refractivity contribution in [2.75, 3.05) is 20.2 Å². The molecule has 2 heterocycles. The fourth-order valence-corrected chi connectivity index (χ4v) is 3.91. The summed E-state index contributed by atoms with van der Waals surface area (Å²) < 4.78 is 5.77. The maximum atomic E-state index is 12.8. The van der Waals surface area contributed by atoms with E-state index < -0.39 is 0 Å². The number of methoxy groups -OCH3 is 1. The third-order valence-electron chi connectivity index (χ3n) is 5.70. The number of piperidine rings is 1.